The molecule has 0 N–H and O–H groups in total. The zero-order chi connectivity index (χ0) is 21.2. The van der Waals surface area contributed by atoms with E-state index in [1.165, 1.54) is 16.7 Å². The summed E-state index contributed by atoms with van der Waals surface area (Å²) in [6.45, 7) is 6.76. The number of hydrogen-bond acceptors (Lipinski definition) is 6. The Morgan fingerprint density at radius 1 is 1.06 bits per heavy atom. The van der Waals surface area contributed by atoms with Crippen LogP contribution in [0.4, 0.5) is 0 Å². The van der Waals surface area contributed by atoms with E-state index < -0.39 is 0 Å². The molecule has 3 aliphatic rings. The zero-order valence-corrected chi connectivity index (χ0v) is 18.0. The quantitative estimate of drug-likeness (QED) is 0.728. The van der Waals surface area contributed by atoms with Crippen LogP contribution in [0.5, 0.6) is 11.5 Å². The van der Waals surface area contributed by atoms with Gasteiger partial charge in [-0.05, 0) is 29.7 Å². The van der Waals surface area contributed by atoms with Gasteiger partial charge in [-0.1, -0.05) is 12.1 Å². The first-order valence-electron chi connectivity index (χ1n) is 10.9. The summed E-state index contributed by atoms with van der Waals surface area (Å²) in [6, 6.07) is 6.13. The third kappa shape index (κ3) is 4.60. The van der Waals surface area contributed by atoms with Crippen molar-refractivity contribution >= 4 is 11.5 Å². The van der Waals surface area contributed by atoms with Crippen LogP contribution in [0.2, 0.25) is 0 Å². The normalized spacial score (nSPS) is 19.5. The number of aromatic nitrogens is 2. The molecule has 3 aliphatic heterocycles. The molecule has 0 spiro atoms. The molecule has 1 saturated heterocycles. The second kappa shape index (κ2) is 8.72. The van der Waals surface area contributed by atoms with E-state index in [4.69, 9.17) is 9.47 Å². The van der Waals surface area contributed by atoms with Crippen molar-refractivity contribution in [2.45, 2.75) is 13.0 Å². The molecule has 0 radical (unpaired) electrons. The molecule has 0 bridgehead atoms. The van der Waals surface area contributed by atoms with Gasteiger partial charge in [-0.3, -0.25) is 19.3 Å². The molecule has 8 nitrogen and oxygen atoms in total. The third-order valence-corrected chi connectivity index (χ3v) is 6.30. The number of nitrogens with zero attached hydrogens (tertiary/aromatic N) is 5. The Morgan fingerprint density at radius 2 is 1.90 bits per heavy atom. The van der Waals surface area contributed by atoms with E-state index in [1.807, 2.05) is 28.9 Å². The lowest BCUT2D eigenvalue weighted by molar-refractivity contribution is -0.134. The zero-order valence-electron chi connectivity index (χ0n) is 18.0. The van der Waals surface area contributed by atoms with Gasteiger partial charge in [-0.25, -0.2) is 0 Å². The predicted molar refractivity (Wildman–Crippen MR) is 117 cm³/mol. The number of ether oxygens (including phenoxy) is 2. The molecule has 31 heavy (non-hydrogen) atoms. The summed E-state index contributed by atoms with van der Waals surface area (Å²) >= 11 is 0. The molecular weight excluding hydrogens is 394 g/mol. The standard InChI is InChI=1S/C23H29N5O3/c1-25-15-20(13-24-25)19-4-6-26(7-5-19)16-23(29)28-10-8-27(9-11-28)14-18-2-3-21-22(12-18)31-17-30-21/h2-4,12-13,15H,5-11,14,16-17H2,1H3. The highest BCUT2D eigenvalue weighted by Crippen LogP contribution is 2.32. The first-order valence-corrected chi connectivity index (χ1v) is 10.9. The Labute approximate surface area is 182 Å². The second-order valence-corrected chi connectivity index (χ2v) is 8.46. The Kier molecular flexibility index (Phi) is 5.65. The molecule has 164 valence electrons. The molecule has 2 aromatic rings. The van der Waals surface area contributed by atoms with Crippen LogP contribution in [0, 0.1) is 0 Å². The number of carbonyl (C=O) groups is 1. The Balaban J connectivity index is 1.08. The summed E-state index contributed by atoms with van der Waals surface area (Å²) in [5.41, 5.74) is 3.73. The lowest BCUT2D eigenvalue weighted by atomic mass is 10.0. The minimum absolute atomic E-state index is 0.237. The SMILES string of the molecule is Cn1cc(C2=CCN(CC(=O)N3CCN(Cc4ccc5c(c4)OCO5)CC3)CC2)cn1. The minimum Gasteiger partial charge on any atom is -0.454 e. The fourth-order valence-electron chi connectivity index (χ4n) is 4.45. The topological polar surface area (TPSA) is 63.1 Å². The number of aryl methyl sites for hydroxylation is 1. The van der Waals surface area contributed by atoms with Gasteiger partial charge in [-0.2, -0.15) is 5.10 Å². The molecule has 0 saturated carbocycles. The van der Waals surface area contributed by atoms with Gasteiger partial charge in [0.15, 0.2) is 11.5 Å². The van der Waals surface area contributed by atoms with Crippen molar-refractivity contribution in [3.05, 3.63) is 47.8 Å². The lowest BCUT2D eigenvalue weighted by Crippen LogP contribution is -2.51. The average molecular weight is 424 g/mol. The van der Waals surface area contributed by atoms with Crippen LogP contribution in [-0.2, 0) is 18.4 Å². The second-order valence-electron chi connectivity index (χ2n) is 8.46. The molecule has 0 unspecified atom stereocenters. The van der Waals surface area contributed by atoms with Gasteiger partial charge in [0.25, 0.3) is 0 Å². The molecule has 0 atom stereocenters. The number of hydrogen-bond donors (Lipinski definition) is 0. The van der Waals surface area contributed by atoms with Crippen molar-refractivity contribution in [3.8, 4) is 11.5 Å². The maximum absolute atomic E-state index is 12.8. The van der Waals surface area contributed by atoms with E-state index in [2.05, 4.69) is 39.3 Å². The summed E-state index contributed by atoms with van der Waals surface area (Å²) in [6.07, 6.45) is 7.16. The van der Waals surface area contributed by atoms with Gasteiger partial charge >= 0.3 is 0 Å². The van der Waals surface area contributed by atoms with Crippen LogP contribution in [0.25, 0.3) is 5.57 Å². The van der Waals surface area contributed by atoms with Crippen LogP contribution in [0.15, 0.2) is 36.7 Å². The van der Waals surface area contributed by atoms with Crippen molar-refractivity contribution in [2.75, 3.05) is 52.6 Å². The number of piperazine rings is 1. The third-order valence-electron chi connectivity index (χ3n) is 6.30. The molecule has 1 amide bonds. The first-order chi connectivity index (χ1) is 15.1. The summed E-state index contributed by atoms with van der Waals surface area (Å²) in [5.74, 6) is 1.88. The molecule has 1 aromatic carbocycles. The van der Waals surface area contributed by atoms with E-state index in [-0.39, 0.29) is 5.91 Å². The maximum Gasteiger partial charge on any atom is 0.236 e. The summed E-state index contributed by atoms with van der Waals surface area (Å²) in [7, 11) is 1.94. The van der Waals surface area contributed by atoms with Crippen LogP contribution < -0.4 is 9.47 Å². The van der Waals surface area contributed by atoms with Gasteiger partial charge in [0.1, 0.15) is 0 Å². The monoisotopic (exact) mass is 423 g/mol. The van der Waals surface area contributed by atoms with Gasteiger partial charge in [0.2, 0.25) is 12.7 Å². The smallest absolute Gasteiger partial charge is 0.236 e. The van der Waals surface area contributed by atoms with E-state index >= 15 is 0 Å². The number of carbonyl (C=O) groups excluding carboxylic acids is 1. The van der Waals surface area contributed by atoms with Crippen molar-refractivity contribution in [1.82, 2.24) is 24.5 Å². The molecule has 0 aliphatic carbocycles. The van der Waals surface area contributed by atoms with Crippen molar-refractivity contribution in [1.29, 1.82) is 0 Å². The van der Waals surface area contributed by atoms with Gasteiger partial charge in [0, 0.05) is 64.6 Å². The summed E-state index contributed by atoms with van der Waals surface area (Å²) in [4.78, 5) is 19.5. The number of amides is 1. The largest absolute Gasteiger partial charge is 0.454 e. The van der Waals surface area contributed by atoms with Crippen LogP contribution in [0.3, 0.4) is 0 Å². The Morgan fingerprint density at radius 3 is 2.65 bits per heavy atom. The fourth-order valence-corrected chi connectivity index (χ4v) is 4.45. The van der Waals surface area contributed by atoms with Crippen molar-refractivity contribution in [2.24, 2.45) is 7.05 Å². The number of fused-ring (bicyclic) bond motifs is 1. The molecular formula is C23H29N5O3. The number of rotatable bonds is 5. The van der Waals surface area contributed by atoms with Crippen LogP contribution in [-0.4, -0.2) is 83.0 Å². The fraction of sp³-hybridized carbons (Fsp3) is 0.478. The summed E-state index contributed by atoms with van der Waals surface area (Å²) in [5, 5.41) is 4.25. The van der Waals surface area contributed by atoms with Crippen molar-refractivity contribution < 1.29 is 14.3 Å². The lowest BCUT2D eigenvalue weighted by Gasteiger charge is -2.36. The highest BCUT2D eigenvalue weighted by molar-refractivity contribution is 5.78. The highest BCUT2D eigenvalue weighted by Gasteiger charge is 2.24. The molecule has 4 heterocycles. The van der Waals surface area contributed by atoms with Gasteiger partial charge in [0.05, 0.1) is 12.7 Å². The molecule has 1 fully saturated rings. The van der Waals surface area contributed by atoms with Crippen LogP contribution in [0.1, 0.15) is 17.5 Å². The van der Waals surface area contributed by atoms with Gasteiger partial charge in [-0.15, -0.1) is 0 Å². The molecule has 1 aromatic heterocycles. The highest BCUT2D eigenvalue weighted by atomic mass is 16.7. The van der Waals surface area contributed by atoms with Gasteiger partial charge < -0.3 is 14.4 Å². The van der Waals surface area contributed by atoms with E-state index in [9.17, 15) is 4.79 Å². The minimum atomic E-state index is 0.237. The predicted octanol–water partition coefficient (Wildman–Crippen LogP) is 1.58. The Hall–Kier alpha value is -2.84. The van der Waals surface area contributed by atoms with E-state index in [0.717, 1.165) is 63.7 Å². The average Bonchev–Trinajstić information content (AvgIpc) is 3.43. The molecule has 5 rings (SSSR count). The van der Waals surface area contributed by atoms with Crippen molar-refractivity contribution in [3.63, 3.8) is 0 Å². The Bertz CT molecular complexity index is 977. The van der Waals surface area contributed by atoms with E-state index in [0.29, 0.717) is 13.3 Å². The van der Waals surface area contributed by atoms with Crippen LogP contribution >= 0.6 is 0 Å². The maximum atomic E-state index is 12.8. The summed E-state index contributed by atoms with van der Waals surface area (Å²) < 4.78 is 12.7. The van der Waals surface area contributed by atoms with E-state index in [1.54, 1.807) is 0 Å². The first kappa shape index (κ1) is 20.1. The molecule has 8 heteroatoms. The number of benzene rings is 1.